The molecule has 0 aliphatic carbocycles. The molecule has 2 aromatic carbocycles. The van der Waals surface area contributed by atoms with Gasteiger partial charge in [0.25, 0.3) is 0 Å². The van der Waals surface area contributed by atoms with E-state index in [0.717, 1.165) is 8.95 Å². The summed E-state index contributed by atoms with van der Waals surface area (Å²) in [4.78, 5) is 23.8. The summed E-state index contributed by atoms with van der Waals surface area (Å²) in [6.07, 6.45) is -0.977. The van der Waals surface area contributed by atoms with E-state index in [2.05, 4.69) is 49.8 Å². The second-order valence-corrected chi connectivity index (χ2v) is 8.45. The first-order chi connectivity index (χ1) is 13.8. The van der Waals surface area contributed by atoms with E-state index in [1.165, 1.54) is 6.07 Å². The standard InChI is InChI=1S/C20H21Br2NO5S/c1-12(8-9-27-18(25)11-29)19(16-10-14(22)4-7-17(16)24)28-20(26)23-15-5-2-13(21)3-6-15/h2-7,10,12,19,24,29H,8-9,11H2,1H3,(H,23,26)/t12-,19-/m0/s1. The third-order valence-electron chi connectivity index (χ3n) is 4.10. The van der Waals surface area contributed by atoms with Crippen LogP contribution in [0.3, 0.4) is 0 Å². The molecule has 0 aliphatic heterocycles. The van der Waals surface area contributed by atoms with Crippen molar-refractivity contribution in [1.29, 1.82) is 0 Å². The number of aromatic hydroxyl groups is 1. The summed E-state index contributed by atoms with van der Waals surface area (Å²) in [7, 11) is 0. The fourth-order valence-corrected chi connectivity index (χ4v) is 3.33. The number of rotatable bonds is 8. The Hall–Kier alpha value is -1.71. The van der Waals surface area contributed by atoms with Crippen LogP contribution < -0.4 is 5.32 Å². The lowest BCUT2D eigenvalue weighted by Gasteiger charge is -2.25. The first-order valence-electron chi connectivity index (χ1n) is 8.78. The number of thiol groups is 1. The minimum atomic E-state index is -0.752. The zero-order valence-electron chi connectivity index (χ0n) is 15.6. The highest BCUT2D eigenvalue weighted by atomic mass is 79.9. The lowest BCUT2D eigenvalue weighted by Crippen LogP contribution is -2.23. The Morgan fingerprint density at radius 1 is 1.14 bits per heavy atom. The quantitative estimate of drug-likeness (QED) is 0.292. The molecule has 0 fully saturated rings. The Balaban J connectivity index is 2.14. The Morgan fingerprint density at radius 3 is 2.45 bits per heavy atom. The molecule has 0 bridgehead atoms. The second kappa shape index (κ2) is 11.5. The van der Waals surface area contributed by atoms with Crippen molar-refractivity contribution in [2.75, 3.05) is 17.7 Å². The molecule has 156 valence electrons. The molecule has 0 spiro atoms. The molecule has 0 unspecified atom stereocenters. The second-order valence-electron chi connectivity index (χ2n) is 6.31. The van der Waals surface area contributed by atoms with Gasteiger partial charge in [-0.3, -0.25) is 10.1 Å². The predicted molar refractivity (Wildman–Crippen MR) is 121 cm³/mol. The fraction of sp³-hybridized carbons (Fsp3) is 0.300. The number of hydrogen-bond acceptors (Lipinski definition) is 6. The molecule has 2 rings (SSSR count). The van der Waals surface area contributed by atoms with Crippen LogP contribution in [0, 0.1) is 5.92 Å². The van der Waals surface area contributed by atoms with Crippen molar-refractivity contribution in [2.24, 2.45) is 5.92 Å². The van der Waals surface area contributed by atoms with E-state index in [1.807, 2.05) is 6.92 Å². The van der Waals surface area contributed by atoms with Crippen molar-refractivity contribution in [3.63, 3.8) is 0 Å². The van der Waals surface area contributed by atoms with Gasteiger partial charge in [-0.15, -0.1) is 0 Å². The number of benzene rings is 2. The van der Waals surface area contributed by atoms with Crippen molar-refractivity contribution in [3.8, 4) is 5.75 Å². The number of carbonyl (C=O) groups excluding carboxylic acids is 2. The van der Waals surface area contributed by atoms with Crippen LogP contribution in [-0.4, -0.2) is 29.5 Å². The summed E-state index contributed by atoms with van der Waals surface area (Å²) in [5.41, 5.74) is 1.03. The molecule has 0 radical (unpaired) electrons. The Bertz CT molecular complexity index is 847. The van der Waals surface area contributed by atoms with Crippen LogP contribution in [0.25, 0.3) is 0 Å². The summed E-state index contributed by atoms with van der Waals surface area (Å²) in [6.45, 7) is 2.01. The highest BCUT2D eigenvalue weighted by Gasteiger charge is 2.27. The lowest BCUT2D eigenvalue weighted by molar-refractivity contribution is -0.141. The van der Waals surface area contributed by atoms with Gasteiger partial charge in [-0.2, -0.15) is 12.6 Å². The Labute approximate surface area is 191 Å². The van der Waals surface area contributed by atoms with Crippen molar-refractivity contribution < 1.29 is 24.2 Å². The molecule has 2 aromatic rings. The van der Waals surface area contributed by atoms with E-state index < -0.39 is 18.2 Å². The maximum absolute atomic E-state index is 12.5. The zero-order valence-corrected chi connectivity index (χ0v) is 19.7. The Kier molecular flexibility index (Phi) is 9.32. The predicted octanol–water partition coefficient (Wildman–Crippen LogP) is 5.71. The highest BCUT2D eigenvalue weighted by Crippen LogP contribution is 2.36. The summed E-state index contributed by atoms with van der Waals surface area (Å²) in [6, 6.07) is 12.0. The molecule has 2 atom stereocenters. The van der Waals surface area contributed by atoms with Crippen LogP contribution in [0.4, 0.5) is 10.5 Å². The average Bonchev–Trinajstić information content (AvgIpc) is 2.69. The lowest BCUT2D eigenvalue weighted by atomic mass is 9.94. The van der Waals surface area contributed by atoms with Gasteiger partial charge in [0.05, 0.1) is 12.4 Å². The number of nitrogens with one attached hydrogen (secondary N) is 1. The summed E-state index contributed by atoms with van der Waals surface area (Å²) in [5, 5.41) is 13.0. The highest BCUT2D eigenvalue weighted by molar-refractivity contribution is 9.10. The molecular weight excluding hydrogens is 526 g/mol. The fourth-order valence-electron chi connectivity index (χ4n) is 2.59. The van der Waals surface area contributed by atoms with Gasteiger partial charge in [-0.25, -0.2) is 4.79 Å². The number of ether oxygens (including phenoxy) is 2. The zero-order chi connectivity index (χ0) is 21.4. The molecular formula is C20H21Br2NO5S. The molecule has 6 nitrogen and oxygen atoms in total. The number of amides is 1. The van der Waals surface area contributed by atoms with Crippen LogP contribution in [0.5, 0.6) is 5.75 Å². The molecule has 0 aliphatic rings. The number of halogens is 2. The number of phenols is 1. The molecule has 0 saturated carbocycles. The van der Waals surface area contributed by atoms with Crippen molar-refractivity contribution in [2.45, 2.75) is 19.4 Å². The third kappa shape index (κ3) is 7.56. The van der Waals surface area contributed by atoms with E-state index in [0.29, 0.717) is 17.7 Å². The molecule has 29 heavy (non-hydrogen) atoms. The third-order valence-corrected chi connectivity index (χ3v) is 5.38. The number of anilines is 1. The molecule has 2 N–H and O–H groups in total. The van der Waals surface area contributed by atoms with Gasteiger partial charge in [0.15, 0.2) is 0 Å². The summed E-state index contributed by atoms with van der Waals surface area (Å²) in [5.74, 6) is -0.653. The van der Waals surface area contributed by atoms with Crippen molar-refractivity contribution >= 4 is 62.2 Å². The van der Waals surface area contributed by atoms with Gasteiger partial charge in [0.2, 0.25) is 0 Å². The average molecular weight is 547 g/mol. The number of esters is 1. The molecule has 0 aromatic heterocycles. The van der Waals surface area contributed by atoms with Crippen LogP contribution in [0.1, 0.15) is 25.0 Å². The molecule has 0 saturated heterocycles. The van der Waals surface area contributed by atoms with Gasteiger partial charge >= 0.3 is 12.1 Å². The summed E-state index contributed by atoms with van der Waals surface area (Å²) < 4.78 is 12.3. The monoisotopic (exact) mass is 545 g/mol. The van der Waals surface area contributed by atoms with E-state index in [-0.39, 0.29) is 24.0 Å². The number of carbonyl (C=O) groups is 2. The van der Waals surface area contributed by atoms with Gasteiger partial charge in [0, 0.05) is 26.1 Å². The maximum Gasteiger partial charge on any atom is 0.412 e. The number of hydrogen-bond donors (Lipinski definition) is 3. The maximum atomic E-state index is 12.5. The Morgan fingerprint density at radius 2 is 1.79 bits per heavy atom. The van der Waals surface area contributed by atoms with Crippen LogP contribution in [-0.2, 0) is 14.3 Å². The molecule has 9 heteroatoms. The topological polar surface area (TPSA) is 84.9 Å². The van der Waals surface area contributed by atoms with E-state index in [4.69, 9.17) is 9.47 Å². The van der Waals surface area contributed by atoms with Crippen LogP contribution in [0.15, 0.2) is 51.4 Å². The SMILES string of the molecule is C[C@@H](CCOC(=O)CS)[C@H](OC(=O)Nc1ccc(Br)cc1)c1cc(Br)ccc1O. The van der Waals surface area contributed by atoms with Crippen LogP contribution in [0.2, 0.25) is 0 Å². The summed E-state index contributed by atoms with van der Waals surface area (Å²) >= 11 is 10.6. The normalized spacial score (nSPS) is 12.7. The van der Waals surface area contributed by atoms with Crippen molar-refractivity contribution in [3.05, 3.63) is 57.0 Å². The van der Waals surface area contributed by atoms with Crippen molar-refractivity contribution in [1.82, 2.24) is 0 Å². The van der Waals surface area contributed by atoms with Gasteiger partial charge in [-0.1, -0.05) is 38.8 Å². The molecule has 0 heterocycles. The first-order valence-corrected chi connectivity index (χ1v) is 11.0. The minimum Gasteiger partial charge on any atom is -0.508 e. The molecule has 1 amide bonds. The van der Waals surface area contributed by atoms with Gasteiger partial charge in [0.1, 0.15) is 11.9 Å². The number of phenolic OH excluding ortho intramolecular Hbond substituents is 1. The van der Waals surface area contributed by atoms with Crippen LogP contribution >= 0.6 is 44.5 Å². The minimum absolute atomic E-state index is 0.00365. The van der Waals surface area contributed by atoms with Gasteiger partial charge < -0.3 is 14.6 Å². The van der Waals surface area contributed by atoms with E-state index in [9.17, 15) is 14.7 Å². The van der Waals surface area contributed by atoms with E-state index >= 15 is 0 Å². The van der Waals surface area contributed by atoms with Gasteiger partial charge in [-0.05, 0) is 48.9 Å². The largest absolute Gasteiger partial charge is 0.508 e. The van der Waals surface area contributed by atoms with E-state index in [1.54, 1.807) is 36.4 Å². The first kappa shape index (κ1) is 23.6. The smallest absolute Gasteiger partial charge is 0.412 e.